The monoisotopic (exact) mass is 310 g/mol. The second kappa shape index (κ2) is 6.43. The molecule has 0 aliphatic heterocycles. The van der Waals surface area contributed by atoms with Crippen LogP contribution in [0.25, 0.3) is 0 Å². The Morgan fingerprint density at radius 1 is 1.62 bits per heavy atom. The first kappa shape index (κ1) is 15.8. The Morgan fingerprint density at radius 2 is 2.29 bits per heavy atom. The van der Waals surface area contributed by atoms with Crippen molar-refractivity contribution in [2.45, 2.75) is 51.5 Å². The quantitative estimate of drug-likeness (QED) is 0.344. The molecule has 1 aliphatic rings. The van der Waals surface area contributed by atoms with Gasteiger partial charge in [-0.2, -0.15) is 0 Å². The molecule has 7 heteroatoms. The van der Waals surface area contributed by atoms with Crippen LogP contribution in [0.5, 0.6) is 0 Å². The average molecular weight is 310 g/mol. The van der Waals surface area contributed by atoms with Crippen LogP contribution in [0.1, 0.15) is 53.7 Å². The number of rotatable bonds is 4. The Bertz CT molecular complexity index is 533. The van der Waals surface area contributed by atoms with E-state index in [9.17, 15) is 4.79 Å². The molecule has 1 aliphatic carbocycles. The molecule has 0 bridgehead atoms. The molecule has 2 rings (SSSR count). The molecule has 0 atom stereocenters. The van der Waals surface area contributed by atoms with E-state index in [0.717, 1.165) is 24.3 Å². The van der Waals surface area contributed by atoms with Crippen LogP contribution in [0.4, 0.5) is 0 Å². The molecular formula is C14H22N4O2S. The van der Waals surface area contributed by atoms with Gasteiger partial charge in [-0.05, 0) is 38.5 Å². The zero-order valence-corrected chi connectivity index (χ0v) is 13.2. The maximum absolute atomic E-state index is 12.4. The van der Waals surface area contributed by atoms with Gasteiger partial charge in [-0.25, -0.2) is 4.98 Å². The van der Waals surface area contributed by atoms with Gasteiger partial charge in [0, 0.05) is 0 Å². The smallest absolute Gasteiger partial charge is 0.263 e. The number of hydrogen-bond acceptors (Lipinski definition) is 5. The second-order valence-electron chi connectivity index (χ2n) is 5.62. The third kappa shape index (κ3) is 3.34. The molecule has 1 heterocycles. The van der Waals surface area contributed by atoms with Crippen molar-refractivity contribution < 1.29 is 10.0 Å². The highest BCUT2D eigenvalue weighted by molar-refractivity contribution is 7.13. The topological polar surface area (TPSA) is 101 Å². The van der Waals surface area contributed by atoms with Crippen LogP contribution >= 0.6 is 11.3 Å². The molecule has 1 saturated carbocycles. The molecule has 0 spiro atoms. The molecule has 0 saturated heterocycles. The van der Waals surface area contributed by atoms with E-state index >= 15 is 0 Å². The lowest BCUT2D eigenvalue weighted by Crippen LogP contribution is -2.59. The van der Waals surface area contributed by atoms with E-state index in [1.807, 2.05) is 6.92 Å². The minimum absolute atomic E-state index is 0.0895. The highest BCUT2D eigenvalue weighted by Gasteiger charge is 2.40. The fraction of sp³-hybridized carbons (Fsp3) is 0.643. The molecule has 0 aromatic carbocycles. The molecule has 1 fully saturated rings. The molecule has 0 unspecified atom stereocenters. The van der Waals surface area contributed by atoms with Crippen molar-refractivity contribution in [3.05, 3.63) is 16.1 Å². The molecule has 6 nitrogen and oxygen atoms in total. The average Bonchev–Trinajstić information content (AvgIpc) is 2.93. The number of carbonyl (C=O) groups excluding carboxylic acids is 1. The number of nitrogens with one attached hydrogen (secondary N) is 1. The first-order chi connectivity index (χ1) is 10.0. The summed E-state index contributed by atoms with van der Waals surface area (Å²) in [7, 11) is 0. The number of oxime groups is 1. The zero-order chi connectivity index (χ0) is 15.5. The Morgan fingerprint density at radius 3 is 2.76 bits per heavy atom. The predicted molar refractivity (Wildman–Crippen MR) is 82.7 cm³/mol. The minimum Gasteiger partial charge on any atom is -0.409 e. The summed E-state index contributed by atoms with van der Waals surface area (Å²) in [4.78, 5) is 17.0. The van der Waals surface area contributed by atoms with E-state index in [4.69, 9.17) is 10.9 Å². The van der Waals surface area contributed by atoms with Crippen molar-refractivity contribution in [1.29, 1.82) is 0 Å². The number of nitrogens with zero attached hydrogens (tertiary/aromatic N) is 2. The summed E-state index contributed by atoms with van der Waals surface area (Å²) < 4.78 is 0. The third-order valence-electron chi connectivity index (χ3n) is 4.33. The van der Waals surface area contributed by atoms with Gasteiger partial charge in [-0.1, -0.05) is 18.5 Å². The number of carbonyl (C=O) groups is 1. The predicted octanol–water partition coefficient (Wildman–Crippen LogP) is 2.27. The Hall–Kier alpha value is -1.63. The molecule has 1 aromatic rings. The summed E-state index contributed by atoms with van der Waals surface area (Å²) in [6, 6.07) is 0. The molecule has 1 aromatic heterocycles. The minimum atomic E-state index is -0.741. The number of nitrogens with two attached hydrogens (primary N) is 1. The first-order valence-electron chi connectivity index (χ1n) is 7.23. The highest BCUT2D eigenvalue weighted by Crippen LogP contribution is 2.34. The standard InChI is InChI=1S/C14H22N4O2S/c1-3-10-4-6-14(7-5-10,13(15)18-20)17-12(19)11-8-16-9(2)21-11/h8,10,20H,3-7H2,1-2H3,(H2,15,18)(H,17,19). The van der Waals surface area contributed by atoms with E-state index in [1.54, 1.807) is 6.20 Å². The SMILES string of the molecule is CCC1CCC(NC(=O)c2cnc(C)s2)(C(N)=NO)CC1. The van der Waals surface area contributed by atoms with Crippen molar-refractivity contribution in [1.82, 2.24) is 10.3 Å². The molecule has 116 valence electrons. The summed E-state index contributed by atoms with van der Waals surface area (Å²) in [5.41, 5.74) is 5.13. The zero-order valence-electron chi connectivity index (χ0n) is 12.4. The summed E-state index contributed by atoms with van der Waals surface area (Å²) in [5, 5.41) is 16.0. The Balaban J connectivity index is 2.16. The molecular weight excluding hydrogens is 288 g/mol. The number of aromatic nitrogens is 1. The van der Waals surface area contributed by atoms with Crippen molar-refractivity contribution in [3.63, 3.8) is 0 Å². The van der Waals surface area contributed by atoms with Crippen molar-refractivity contribution in [3.8, 4) is 0 Å². The van der Waals surface area contributed by atoms with Gasteiger partial charge in [0.1, 0.15) is 10.4 Å². The van der Waals surface area contributed by atoms with E-state index in [0.29, 0.717) is 23.6 Å². The maximum atomic E-state index is 12.4. The lowest BCUT2D eigenvalue weighted by molar-refractivity contribution is 0.0899. The largest absolute Gasteiger partial charge is 0.409 e. The summed E-state index contributed by atoms with van der Waals surface area (Å²) in [6.07, 6.45) is 6.01. The number of hydrogen-bond donors (Lipinski definition) is 3. The van der Waals surface area contributed by atoms with Crippen LogP contribution in [-0.4, -0.2) is 27.5 Å². The second-order valence-corrected chi connectivity index (χ2v) is 6.85. The van der Waals surface area contributed by atoms with Gasteiger partial charge in [-0.3, -0.25) is 4.79 Å². The molecule has 1 amide bonds. The maximum Gasteiger partial charge on any atom is 0.263 e. The van der Waals surface area contributed by atoms with Crippen molar-refractivity contribution in [2.75, 3.05) is 0 Å². The number of thiazole rings is 1. The van der Waals surface area contributed by atoms with Crippen molar-refractivity contribution in [2.24, 2.45) is 16.8 Å². The number of aryl methyl sites for hydroxylation is 1. The fourth-order valence-electron chi connectivity index (χ4n) is 2.86. The van der Waals surface area contributed by atoms with E-state index in [2.05, 4.69) is 22.4 Å². The van der Waals surface area contributed by atoms with Gasteiger partial charge in [-0.15, -0.1) is 11.3 Å². The van der Waals surface area contributed by atoms with Crippen LogP contribution in [0.3, 0.4) is 0 Å². The van der Waals surface area contributed by atoms with Gasteiger partial charge < -0.3 is 16.3 Å². The normalized spacial score (nSPS) is 26.6. The van der Waals surface area contributed by atoms with Crippen LogP contribution in [0.2, 0.25) is 0 Å². The van der Waals surface area contributed by atoms with E-state index < -0.39 is 5.54 Å². The van der Waals surface area contributed by atoms with E-state index in [-0.39, 0.29) is 11.7 Å². The lowest BCUT2D eigenvalue weighted by Gasteiger charge is -2.39. The molecule has 21 heavy (non-hydrogen) atoms. The first-order valence-corrected chi connectivity index (χ1v) is 8.05. The number of amidine groups is 1. The molecule has 4 N–H and O–H groups in total. The van der Waals surface area contributed by atoms with E-state index in [1.165, 1.54) is 11.3 Å². The Labute approximate surface area is 128 Å². The van der Waals surface area contributed by atoms with Crippen LogP contribution in [0, 0.1) is 12.8 Å². The summed E-state index contributed by atoms with van der Waals surface area (Å²) in [6.45, 7) is 4.02. The molecule has 0 radical (unpaired) electrons. The van der Waals surface area contributed by atoms with Gasteiger partial charge in [0.25, 0.3) is 5.91 Å². The van der Waals surface area contributed by atoms with Gasteiger partial charge in [0.05, 0.1) is 11.2 Å². The Kier molecular flexibility index (Phi) is 4.82. The lowest BCUT2D eigenvalue weighted by atomic mass is 9.75. The number of amides is 1. The van der Waals surface area contributed by atoms with Gasteiger partial charge >= 0.3 is 0 Å². The summed E-state index contributed by atoms with van der Waals surface area (Å²) >= 11 is 1.34. The van der Waals surface area contributed by atoms with Crippen LogP contribution in [0.15, 0.2) is 11.4 Å². The third-order valence-corrected chi connectivity index (χ3v) is 5.24. The highest BCUT2D eigenvalue weighted by atomic mass is 32.1. The van der Waals surface area contributed by atoms with Gasteiger partial charge in [0.15, 0.2) is 5.84 Å². The van der Waals surface area contributed by atoms with Crippen LogP contribution in [-0.2, 0) is 0 Å². The summed E-state index contributed by atoms with van der Waals surface area (Å²) in [5.74, 6) is 0.529. The van der Waals surface area contributed by atoms with Gasteiger partial charge in [0.2, 0.25) is 0 Å². The van der Waals surface area contributed by atoms with Crippen LogP contribution < -0.4 is 11.1 Å². The fourth-order valence-corrected chi connectivity index (χ4v) is 3.54. The van der Waals surface area contributed by atoms with Crippen molar-refractivity contribution >= 4 is 23.1 Å².